The van der Waals surface area contributed by atoms with Gasteiger partial charge in [0.25, 0.3) is 5.56 Å². The highest BCUT2D eigenvalue weighted by Crippen LogP contribution is 2.31. The molecule has 0 radical (unpaired) electrons. The van der Waals surface area contributed by atoms with E-state index < -0.39 is 11.5 Å². The second-order valence-electron chi connectivity index (χ2n) is 5.21. The van der Waals surface area contributed by atoms with Crippen LogP contribution in [0.4, 0.5) is 5.69 Å². The van der Waals surface area contributed by atoms with Crippen LogP contribution in [-0.2, 0) is 0 Å². The lowest BCUT2D eigenvalue weighted by molar-refractivity contribution is 0.0693. The number of rotatable bonds is 3. The predicted molar refractivity (Wildman–Crippen MR) is 82.8 cm³/mol. The Morgan fingerprint density at radius 1 is 1.41 bits per heavy atom. The van der Waals surface area contributed by atoms with Crippen LogP contribution >= 0.6 is 0 Å². The first-order valence-electron chi connectivity index (χ1n) is 6.93. The number of hydrogen-bond acceptors (Lipinski definition) is 4. The highest BCUT2D eigenvalue weighted by molar-refractivity contribution is 5.87. The number of fused-ring (bicyclic) bond motifs is 1. The van der Waals surface area contributed by atoms with E-state index in [2.05, 4.69) is 10.3 Å². The van der Waals surface area contributed by atoms with Crippen molar-refractivity contribution in [3.8, 4) is 0 Å². The Kier molecular flexibility index (Phi) is 3.50. The fraction of sp³-hybridized carbons (Fsp3) is 0.188. The van der Waals surface area contributed by atoms with Crippen LogP contribution in [0.1, 0.15) is 35.6 Å². The first-order valence-corrected chi connectivity index (χ1v) is 6.93. The molecule has 22 heavy (non-hydrogen) atoms. The Hall–Kier alpha value is -2.89. The maximum atomic E-state index is 12.2. The lowest BCUT2D eigenvalue weighted by Gasteiger charge is -2.07. The molecule has 0 aliphatic carbocycles. The van der Waals surface area contributed by atoms with E-state index in [0.29, 0.717) is 12.2 Å². The van der Waals surface area contributed by atoms with Crippen molar-refractivity contribution < 1.29 is 9.90 Å². The lowest BCUT2D eigenvalue weighted by atomic mass is 10.2. The van der Waals surface area contributed by atoms with Crippen molar-refractivity contribution in [2.75, 3.05) is 5.32 Å². The molecule has 2 heterocycles. The number of nitrogens with zero attached hydrogens (tertiary/aromatic N) is 2. The van der Waals surface area contributed by atoms with Gasteiger partial charge in [-0.2, -0.15) is 0 Å². The van der Waals surface area contributed by atoms with Gasteiger partial charge in [-0.3, -0.25) is 9.36 Å². The molecule has 0 saturated heterocycles. The molecular weight excluding hydrogens is 282 g/mol. The zero-order chi connectivity index (χ0) is 15.7. The quantitative estimate of drug-likeness (QED) is 0.908. The van der Waals surface area contributed by atoms with Crippen LogP contribution in [-0.4, -0.2) is 20.6 Å². The molecular formula is C16H15N3O3. The number of aromatic carboxylic acids is 1. The minimum atomic E-state index is -1.25. The van der Waals surface area contributed by atoms with Crippen LogP contribution < -0.4 is 10.9 Å². The minimum absolute atomic E-state index is 0.113. The van der Waals surface area contributed by atoms with Gasteiger partial charge in [0.2, 0.25) is 0 Å². The molecule has 1 aliphatic rings. The molecule has 0 spiro atoms. The molecule has 1 unspecified atom stereocenters. The average Bonchev–Trinajstić information content (AvgIpc) is 2.83. The molecule has 112 valence electrons. The maximum absolute atomic E-state index is 12.2. The van der Waals surface area contributed by atoms with E-state index in [0.717, 1.165) is 17.5 Å². The number of allylic oxidation sites excluding steroid dienone is 1. The van der Waals surface area contributed by atoms with Crippen LogP contribution in [0, 0.1) is 0 Å². The Morgan fingerprint density at radius 3 is 2.82 bits per heavy atom. The van der Waals surface area contributed by atoms with Gasteiger partial charge >= 0.3 is 5.97 Å². The van der Waals surface area contributed by atoms with E-state index >= 15 is 0 Å². The summed E-state index contributed by atoms with van der Waals surface area (Å²) < 4.78 is 1.45. The number of carboxylic acids is 1. The molecule has 6 nitrogen and oxygen atoms in total. The number of anilines is 1. The monoisotopic (exact) mass is 297 g/mol. The highest BCUT2D eigenvalue weighted by atomic mass is 16.4. The van der Waals surface area contributed by atoms with Gasteiger partial charge < -0.3 is 10.4 Å². The van der Waals surface area contributed by atoms with Gasteiger partial charge in [-0.15, -0.1) is 0 Å². The minimum Gasteiger partial charge on any atom is -0.477 e. The number of nitrogens with one attached hydrogen (secondary N) is 1. The van der Waals surface area contributed by atoms with E-state index in [-0.39, 0.29) is 11.6 Å². The topological polar surface area (TPSA) is 84.2 Å². The number of aromatic nitrogens is 2. The van der Waals surface area contributed by atoms with Gasteiger partial charge in [-0.05, 0) is 25.5 Å². The van der Waals surface area contributed by atoms with Gasteiger partial charge in [0.05, 0.1) is 0 Å². The van der Waals surface area contributed by atoms with Crippen LogP contribution in [0.15, 0.2) is 47.5 Å². The van der Waals surface area contributed by atoms with E-state index in [9.17, 15) is 9.59 Å². The summed E-state index contributed by atoms with van der Waals surface area (Å²) in [6.45, 7) is 1.88. The smallest absolute Gasteiger partial charge is 0.342 e. The number of carboxylic acid groups (broad SMARTS) is 1. The van der Waals surface area contributed by atoms with E-state index in [4.69, 9.17) is 5.11 Å². The summed E-state index contributed by atoms with van der Waals surface area (Å²) >= 11 is 0. The number of benzene rings is 1. The third-order valence-electron chi connectivity index (χ3n) is 3.65. The molecule has 0 amide bonds. The van der Waals surface area contributed by atoms with Crippen molar-refractivity contribution in [1.29, 1.82) is 0 Å². The molecule has 1 aromatic carbocycles. The van der Waals surface area contributed by atoms with Gasteiger partial charge in [-0.1, -0.05) is 18.2 Å². The van der Waals surface area contributed by atoms with Crippen LogP contribution in [0.2, 0.25) is 0 Å². The van der Waals surface area contributed by atoms with Crippen molar-refractivity contribution in [3.05, 3.63) is 64.5 Å². The first-order chi connectivity index (χ1) is 10.6. The fourth-order valence-corrected chi connectivity index (χ4v) is 2.59. The number of carbonyl (C=O) groups is 1. The van der Waals surface area contributed by atoms with Crippen molar-refractivity contribution in [2.45, 2.75) is 19.4 Å². The number of para-hydroxylation sites is 1. The summed E-state index contributed by atoms with van der Waals surface area (Å²) in [6, 6.07) is 9.53. The average molecular weight is 297 g/mol. The summed E-state index contributed by atoms with van der Waals surface area (Å²) in [4.78, 5) is 27.4. The Morgan fingerprint density at radius 2 is 2.14 bits per heavy atom. The third-order valence-corrected chi connectivity index (χ3v) is 3.65. The van der Waals surface area contributed by atoms with Gasteiger partial charge in [-0.25, -0.2) is 9.78 Å². The molecule has 1 aliphatic heterocycles. The molecule has 2 N–H and O–H groups in total. The third kappa shape index (κ3) is 2.39. The molecule has 0 bridgehead atoms. The van der Waals surface area contributed by atoms with Crippen molar-refractivity contribution in [3.63, 3.8) is 0 Å². The summed E-state index contributed by atoms with van der Waals surface area (Å²) in [6.07, 6.45) is 3.58. The Bertz CT molecular complexity index is 809. The first kappa shape index (κ1) is 14.1. The largest absolute Gasteiger partial charge is 0.477 e. The van der Waals surface area contributed by atoms with Gasteiger partial charge in [0, 0.05) is 29.7 Å². The standard InChI is InChI=1S/C16H15N3O3/c1-10-7-11(8-17-12-5-3-2-4-6-12)14-18-9-13(16(21)22)15(20)19(10)14/h2-6,8-10,17H,7H2,1H3,(H,21,22)/b11-8+. The fourth-order valence-electron chi connectivity index (χ4n) is 2.59. The normalized spacial score (nSPS) is 18.2. The predicted octanol–water partition coefficient (Wildman–Crippen LogP) is 2.36. The molecule has 6 heteroatoms. The Labute approximate surface area is 126 Å². The van der Waals surface area contributed by atoms with Crippen LogP contribution in [0.5, 0.6) is 0 Å². The zero-order valence-corrected chi connectivity index (χ0v) is 12.0. The lowest BCUT2D eigenvalue weighted by Crippen LogP contribution is -2.28. The molecule has 2 aromatic rings. The van der Waals surface area contributed by atoms with Crippen LogP contribution in [0.25, 0.3) is 5.57 Å². The summed E-state index contributed by atoms with van der Waals surface area (Å²) in [5, 5.41) is 12.2. The van der Waals surface area contributed by atoms with Crippen molar-refractivity contribution in [2.24, 2.45) is 0 Å². The van der Waals surface area contributed by atoms with Crippen molar-refractivity contribution in [1.82, 2.24) is 9.55 Å². The maximum Gasteiger partial charge on any atom is 0.342 e. The zero-order valence-electron chi connectivity index (χ0n) is 12.0. The molecule has 0 saturated carbocycles. The summed E-state index contributed by atoms with van der Waals surface area (Å²) in [7, 11) is 0. The summed E-state index contributed by atoms with van der Waals surface area (Å²) in [5.41, 5.74) is 1.01. The number of hydrogen-bond donors (Lipinski definition) is 2. The second kappa shape index (κ2) is 5.48. The van der Waals surface area contributed by atoms with Gasteiger partial charge in [0.15, 0.2) is 0 Å². The van der Waals surface area contributed by atoms with Crippen molar-refractivity contribution >= 4 is 17.2 Å². The summed E-state index contributed by atoms with van der Waals surface area (Å²) in [5.74, 6) is -0.731. The van der Waals surface area contributed by atoms with Crippen LogP contribution in [0.3, 0.4) is 0 Å². The van der Waals surface area contributed by atoms with E-state index in [1.807, 2.05) is 43.5 Å². The molecule has 0 fully saturated rings. The van der Waals surface area contributed by atoms with E-state index in [1.54, 1.807) is 0 Å². The van der Waals surface area contributed by atoms with Gasteiger partial charge in [0.1, 0.15) is 11.4 Å². The SMILES string of the molecule is CC1C/C(=C\Nc2ccccc2)c2ncc(C(=O)O)c(=O)n21. The highest BCUT2D eigenvalue weighted by Gasteiger charge is 2.27. The second-order valence-corrected chi connectivity index (χ2v) is 5.21. The molecule has 1 atom stereocenters. The van der Waals surface area contributed by atoms with E-state index in [1.165, 1.54) is 4.57 Å². The Balaban J connectivity index is 1.98. The molecule has 3 rings (SSSR count). The molecule has 1 aromatic heterocycles.